The van der Waals surface area contributed by atoms with Gasteiger partial charge in [0.25, 0.3) is 0 Å². The Kier molecular flexibility index (Phi) is 1.66. The van der Waals surface area contributed by atoms with E-state index in [4.69, 9.17) is 4.42 Å². The predicted octanol–water partition coefficient (Wildman–Crippen LogP) is 0.988. The van der Waals surface area contributed by atoms with Gasteiger partial charge >= 0.3 is 0 Å². The highest BCUT2D eigenvalue weighted by Gasteiger charge is 2.30. The van der Waals surface area contributed by atoms with Crippen LogP contribution in [-0.4, -0.2) is 16.2 Å². The third-order valence-electron chi connectivity index (χ3n) is 2.03. The molecule has 0 bridgehead atoms. The van der Waals surface area contributed by atoms with Crippen LogP contribution in [0.4, 0.5) is 0 Å². The van der Waals surface area contributed by atoms with Gasteiger partial charge in [-0.2, -0.15) is 0 Å². The van der Waals surface area contributed by atoms with Crippen molar-refractivity contribution in [1.29, 1.82) is 0 Å². The minimum atomic E-state index is -0.242. The fourth-order valence-electron chi connectivity index (χ4n) is 1.18. The summed E-state index contributed by atoms with van der Waals surface area (Å²) in [5.41, 5.74) is 0. The Labute approximate surface area is 65.1 Å². The van der Waals surface area contributed by atoms with Crippen LogP contribution in [0.3, 0.4) is 0 Å². The minimum absolute atomic E-state index is 0.242. The molecule has 1 fully saturated rings. The number of aliphatic hydroxyl groups excluding tert-OH is 1. The second-order valence-corrected chi connectivity index (χ2v) is 3.03. The average molecular weight is 153 g/mol. The van der Waals surface area contributed by atoms with E-state index in [0.29, 0.717) is 18.2 Å². The van der Waals surface area contributed by atoms with E-state index in [1.54, 1.807) is 6.20 Å². The Balaban J connectivity index is 1.89. The lowest BCUT2D eigenvalue weighted by atomic mass is 10.2. The summed E-state index contributed by atoms with van der Waals surface area (Å²) < 4.78 is 5.01. The van der Waals surface area contributed by atoms with Crippen molar-refractivity contribution in [2.45, 2.75) is 25.4 Å². The van der Waals surface area contributed by atoms with Crippen molar-refractivity contribution in [2.75, 3.05) is 0 Å². The van der Waals surface area contributed by atoms with Crippen molar-refractivity contribution in [1.82, 2.24) is 4.98 Å². The van der Waals surface area contributed by atoms with Crippen LogP contribution in [0, 0.1) is 5.92 Å². The molecule has 1 N–H and O–H groups in total. The number of aliphatic hydroxyl groups is 1. The SMILES string of the molecule is OC(Cc1ncco1)C1CC1. The average Bonchev–Trinajstić information content (AvgIpc) is 2.73. The molecule has 0 aromatic carbocycles. The van der Waals surface area contributed by atoms with Crippen LogP contribution < -0.4 is 0 Å². The van der Waals surface area contributed by atoms with Crippen LogP contribution in [0.2, 0.25) is 0 Å². The Morgan fingerprint density at radius 1 is 1.73 bits per heavy atom. The smallest absolute Gasteiger partial charge is 0.196 e. The van der Waals surface area contributed by atoms with Crippen LogP contribution >= 0.6 is 0 Å². The molecule has 0 radical (unpaired) electrons. The summed E-state index contributed by atoms with van der Waals surface area (Å²) in [5.74, 6) is 1.14. The van der Waals surface area contributed by atoms with Crippen LogP contribution in [0.5, 0.6) is 0 Å². The van der Waals surface area contributed by atoms with Gasteiger partial charge in [-0.25, -0.2) is 4.98 Å². The molecule has 60 valence electrons. The Morgan fingerprint density at radius 3 is 3.09 bits per heavy atom. The zero-order chi connectivity index (χ0) is 7.68. The normalized spacial score (nSPS) is 20.1. The van der Waals surface area contributed by atoms with Crippen molar-refractivity contribution < 1.29 is 9.52 Å². The maximum absolute atomic E-state index is 9.46. The third kappa shape index (κ3) is 1.60. The molecule has 2 rings (SSSR count). The molecule has 0 aliphatic heterocycles. The van der Waals surface area contributed by atoms with E-state index in [2.05, 4.69) is 4.98 Å². The minimum Gasteiger partial charge on any atom is -0.449 e. The van der Waals surface area contributed by atoms with Gasteiger partial charge < -0.3 is 9.52 Å². The van der Waals surface area contributed by atoms with Crippen molar-refractivity contribution >= 4 is 0 Å². The standard InChI is InChI=1S/C8H11NO2/c10-7(6-1-2-6)5-8-9-3-4-11-8/h3-4,6-7,10H,1-2,5H2. The number of oxazole rings is 1. The van der Waals surface area contributed by atoms with Crippen molar-refractivity contribution in [3.8, 4) is 0 Å². The molecule has 1 aliphatic rings. The van der Waals surface area contributed by atoms with Gasteiger partial charge in [0.1, 0.15) is 6.26 Å². The third-order valence-corrected chi connectivity index (χ3v) is 2.03. The number of aromatic nitrogens is 1. The van der Waals surface area contributed by atoms with Crippen LogP contribution in [0.25, 0.3) is 0 Å². The van der Waals surface area contributed by atoms with E-state index in [9.17, 15) is 5.11 Å². The first-order valence-corrected chi connectivity index (χ1v) is 3.92. The summed E-state index contributed by atoms with van der Waals surface area (Å²) in [6.07, 6.45) is 5.78. The largest absolute Gasteiger partial charge is 0.449 e. The lowest BCUT2D eigenvalue weighted by Gasteiger charge is -2.03. The highest BCUT2D eigenvalue weighted by molar-refractivity contribution is 4.89. The van der Waals surface area contributed by atoms with Crippen LogP contribution in [0.1, 0.15) is 18.7 Å². The van der Waals surface area contributed by atoms with Crippen LogP contribution in [-0.2, 0) is 6.42 Å². The number of nitrogens with zero attached hydrogens (tertiary/aromatic N) is 1. The summed E-state index contributed by atoms with van der Waals surface area (Å²) in [7, 11) is 0. The zero-order valence-electron chi connectivity index (χ0n) is 6.23. The molecule has 1 aromatic rings. The molecule has 0 saturated heterocycles. The molecule has 1 aromatic heterocycles. The quantitative estimate of drug-likeness (QED) is 0.704. The van der Waals surface area contributed by atoms with E-state index in [1.807, 2.05) is 0 Å². The lowest BCUT2D eigenvalue weighted by molar-refractivity contribution is 0.143. The number of rotatable bonds is 3. The lowest BCUT2D eigenvalue weighted by Crippen LogP contribution is -2.12. The maximum atomic E-state index is 9.46. The van der Waals surface area contributed by atoms with Crippen molar-refractivity contribution in [3.63, 3.8) is 0 Å². The second-order valence-electron chi connectivity index (χ2n) is 3.03. The zero-order valence-corrected chi connectivity index (χ0v) is 6.23. The van der Waals surface area contributed by atoms with E-state index >= 15 is 0 Å². The van der Waals surface area contributed by atoms with Gasteiger partial charge in [0.15, 0.2) is 5.89 Å². The van der Waals surface area contributed by atoms with Gasteiger partial charge in [0, 0.05) is 0 Å². The van der Waals surface area contributed by atoms with Gasteiger partial charge in [0.05, 0.1) is 18.7 Å². The molecule has 11 heavy (non-hydrogen) atoms. The van der Waals surface area contributed by atoms with Gasteiger partial charge in [-0.05, 0) is 18.8 Å². The first-order chi connectivity index (χ1) is 5.36. The van der Waals surface area contributed by atoms with Crippen molar-refractivity contribution in [3.05, 3.63) is 18.4 Å². The molecule has 0 amide bonds. The Morgan fingerprint density at radius 2 is 2.55 bits per heavy atom. The summed E-state index contributed by atoms with van der Waals surface area (Å²) in [6, 6.07) is 0. The first kappa shape index (κ1) is 6.85. The van der Waals surface area contributed by atoms with Gasteiger partial charge in [-0.1, -0.05) is 0 Å². The molecule has 1 heterocycles. The monoisotopic (exact) mass is 153 g/mol. The van der Waals surface area contributed by atoms with Gasteiger partial charge in [-0.3, -0.25) is 0 Å². The molecule has 3 heteroatoms. The Bertz CT molecular complexity index is 216. The molecular formula is C8H11NO2. The molecule has 3 nitrogen and oxygen atoms in total. The molecular weight excluding hydrogens is 142 g/mol. The van der Waals surface area contributed by atoms with E-state index < -0.39 is 0 Å². The highest BCUT2D eigenvalue weighted by Crippen LogP contribution is 2.33. The molecule has 1 saturated carbocycles. The predicted molar refractivity (Wildman–Crippen MR) is 38.9 cm³/mol. The van der Waals surface area contributed by atoms with Crippen LogP contribution in [0.15, 0.2) is 16.9 Å². The van der Waals surface area contributed by atoms with Crippen molar-refractivity contribution in [2.24, 2.45) is 5.92 Å². The van der Waals surface area contributed by atoms with E-state index in [1.165, 1.54) is 6.26 Å². The molecule has 1 aliphatic carbocycles. The summed E-state index contributed by atoms with van der Waals surface area (Å²) in [5, 5.41) is 9.46. The van der Waals surface area contributed by atoms with Gasteiger partial charge in [0.2, 0.25) is 0 Å². The summed E-state index contributed by atoms with van der Waals surface area (Å²) in [6.45, 7) is 0. The highest BCUT2D eigenvalue weighted by atomic mass is 16.3. The topological polar surface area (TPSA) is 46.3 Å². The van der Waals surface area contributed by atoms with E-state index in [-0.39, 0.29) is 6.10 Å². The number of hydrogen-bond donors (Lipinski definition) is 1. The summed E-state index contributed by atoms with van der Waals surface area (Å²) >= 11 is 0. The fraction of sp³-hybridized carbons (Fsp3) is 0.625. The Hall–Kier alpha value is -0.830. The molecule has 1 unspecified atom stereocenters. The summed E-state index contributed by atoms with van der Waals surface area (Å²) in [4.78, 5) is 3.94. The van der Waals surface area contributed by atoms with Gasteiger partial charge in [-0.15, -0.1) is 0 Å². The number of hydrogen-bond acceptors (Lipinski definition) is 3. The first-order valence-electron chi connectivity index (χ1n) is 3.92. The maximum Gasteiger partial charge on any atom is 0.196 e. The molecule has 0 spiro atoms. The second kappa shape index (κ2) is 2.66. The fourth-order valence-corrected chi connectivity index (χ4v) is 1.18. The molecule has 1 atom stereocenters. The van der Waals surface area contributed by atoms with E-state index in [0.717, 1.165) is 12.8 Å².